The molecule has 1 atom stereocenters. The van der Waals surface area contributed by atoms with Crippen molar-refractivity contribution in [1.29, 1.82) is 0 Å². The van der Waals surface area contributed by atoms with Crippen LogP contribution in [0.25, 0.3) is 0 Å². The van der Waals surface area contributed by atoms with Gasteiger partial charge in [0, 0.05) is 26.1 Å². The number of hydrogen-bond acceptors (Lipinski definition) is 4. The van der Waals surface area contributed by atoms with E-state index in [0.29, 0.717) is 31.1 Å². The third kappa shape index (κ3) is 8.36. The Morgan fingerprint density at radius 1 is 1.00 bits per heavy atom. The molecule has 0 aliphatic heterocycles. The Bertz CT molecular complexity index is 1160. The lowest BCUT2D eigenvalue weighted by molar-refractivity contribution is -0.140. The van der Waals surface area contributed by atoms with Crippen LogP contribution in [0.15, 0.2) is 42.5 Å². The molecule has 0 radical (unpaired) electrons. The maximum absolute atomic E-state index is 13.4. The van der Waals surface area contributed by atoms with E-state index in [0.717, 1.165) is 22.3 Å². The first-order valence-corrected chi connectivity index (χ1v) is 14.3. The molecule has 2 rings (SSSR count). The highest BCUT2D eigenvalue weighted by molar-refractivity contribution is 7.92. The molecule has 0 aliphatic rings. The first kappa shape index (κ1) is 29.4. The van der Waals surface area contributed by atoms with E-state index in [1.807, 2.05) is 71.0 Å². The predicted octanol–water partition coefficient (Wildman–Crippen LogP) is 4.35. The van der Waals surface area contributed by atoms with Gasteiger partial charge in [-0.15, -0.1) is 0 Å². The second kappa shape index (κ2) is 12.9. The molecule has 0 saturated heterocycles. The highest BCUT2D eigenvalue weighted by Crippen LogP contribution is 2.25. The molecule has 0 aliphatic carbocycles. The number of nitrogens with one attached hydrogen (secondary N) is 1. The number of anilines is 1. The zero-order valence-corrected chi connectivity index (χ0v) is 23.5. The summed E-state index contributed by atoms with van der Waals surface area (Å²) in [5.41, 5.74) is 4.55. The van der Waals surface area contributed by atoms with Gasteiger partial charge in [0.15, 0.2) is 0 Å². The minimum Gasteiger partial charge on any atom is -0.354 e. The SMILES string of the molecule is Cc1cccc(CN(C(=O)CCCN(c2cccc(C)c2C)S(C)(=O)=O)[C@@H](C)C(=O)NCC(C)C)c1. The molecule has 7 nitrogen and oxygen atoms in total. The first-order chi connectivity index (χ1) is 16.8. The van der Waals surface area contributed by atoms with E-state index in [2.05, 4.69) is 5.32 Å². The van der Waals surface area contributed by atoms with Crippen LogP contribution in [0.1, 0.15) is 55.9 Å². The van der Waals surface area contributed by atoms with Crippen molar-refractivity contribution in [3.05, 3.63) is 64.7 Å². The Balaban J connectivity index is 2.20. The third-order valence-corrected chi connectivity index (χ3v) is 7.46. The van der Waals surface area contributed by atoms with Gasteiger partial charge < -0.3 is 10.2 Å². The van der Waals surface area contributed by atoms with Crippen LogP contribution in [0.5, 0.6) is 0 Å². The smallest absolute Gasteiger partial charge is 0.242 e. The van der Waals surface area contributed by atoms with E-state index in [4.69, 9.17) is 0 Å². The summed E-state index contributed by atoms with van der Waals surface area (Å²) in [5.74, 6) is -0.0786. The molecular formula is C28H41N3O4S. The fourth-order valence-corrected chi connectivity index (χ4v) is 5.05. The van der Waals surface area contributed by atoms with Gasteiger partial charge in [-0.05, 0) is 62.8 Å². The molecule has 2 amide bonds. The standard InChI is InChI=1S/C28H41N3O4S/c1-20(2)18-29-28(33)24(6)30(19-25-13-8-11-21(3)17-25)27(32)15-10-16-31(36(7,34)35)26-14-9-12-22(4)23(26)5/h8-9,11-14,17,20,24H,10,15-16,18-19H2,1-7H3,(H,29,33)/t24-/m0/s1. The molecule has 0 aromatic heterocycles. The molecule has 0 spiro atoms. The lowest BCUT2D eigenvalue weighted by Crippen LogP contribution is -2.48. The van der Waals surface area contributed by atoms with E-state index in [-0.39, 0.29) is 24.8 Å². The van der Waals surface area contributed by atoms with Gasteiger partial charge in [-0.2, -0.15) is 0 Å². The highest BCUT2D eigenvalue weighted by atomic mass is 32.2. The van der Waals surface area contributed by atoms with E-state index in [1.54, 1.807) is 17.9 Å². The summed E-state index contributed by atoms with van der Waals surface area (Å²) in [7, 11) is -3.53. The van der Waals surface area contributed by atoms with Crippen molar-refractivity contribution in [2.75, 3.05) is 23.7 Å². The lowest BCUT2D eigenvalue weighted by atomic mass is 10.1. The number of hydrogen-bond donors (Lipinski definition) is 1. The molecule has 0 heterocycles. The molecule has 0 bridgehead atoms. The summed E-state index contributed by atoms with van der Waals surface area (Å²) in [5, 5.41) is 2.92. The zero-order valence-electron chi connectivity index (χ0n) is 22.7. The largest absolute Gasteiger partial charge is 0.354 e. The van der Waals surface area contributed by atoms with E-state index >= 15 is 0 Å². The minimum atomic E-state index is -3.53. The maximum Gasteiger partial charge on any atom is 0.242 e. The molecule has 2 aromatic carbocycles. The molecule has 0 unspecified atom stereocenters. The van der Waals surface area contributed by atoms with Crippen molar-refractivity contribution in [2.24, 2.45) is 5.92 Å². The molecule has 2 aromatic rings. The fourth-order valence-electron chi connectivity index (χ4n) is 4.03. The molecule has 198 valence electrons. The van der Waals surface area contributed by atoms with Crippen LogP contribution in [0, 0.1) is 26.7 Å². The molecule has 8 heteroatoms. The number of aryl methyl sites for hydroxylation is 2. The second-order valence-corrected chi connectivity index (χ2v) is 11.9. The quantitative estimate of drug-likeness (QED) is 0.455. The van der Waals surface area contributed by atoms with E-state index in [1.165, 1.54) is 10.6 Å². The van der Waals surface area contributed by atoms with Crippen LogP contribution in [-0.2, 0) is 26.2 Å². The van der Waals surface area contributed by atoms with Crippen molar-refractivity contribution >= 4 is 27.5 Å². The Labute approximate surface area is 216 Å². The van der Waals surface area contributed by atoms with Crippen molar-refractivity contribution in [3.63, 3.8) is 0 Å². The van der Waals surface area contributed by atoms with Gasteiger partial charge in [0.2, 0.25) is 21.8 Å². The summed E-state index contributed by atoms with van der Waals surface area (Å²) in [6.45, 7) is 12.6. The van der Waals surface area contributed by atoms with Gasteiger partial charge >= 0.3 is 0 Å². The number of sulfonamides is 1. The maximum atomic E-state index is 13.4. The Morgan fingerprint density at radius 3 is 2.28 bits per heavy atom. The van der Waals surface area contributed by atoms with Gasteiger partial charge in [0.1, 0.15) is 6.04 Å². The van der Waals surface area contributed by atoms with Crippen LogP contribution < -0.4 is 9.62 Å². The average Bonchev–Trinajstić information content (AvgIpc) is 2.79. The number of nitrogens with zero attached hydrogens (tertiary/aromatic N) is 2. The Kier molecular flexibility index (Phi) is 10.5. The Hall–Kier alpha value is -2.87. The molecule has 0 saturated carbocycles. The highest BCUT2D eigenvalue weighted by Gasteiger charge is 2.27. The van der Waals surface area contributed by atoms with Crippen molar-refractivity contribution in [3.8, 4) is 0 Å². The Morgan fingerprint density at radius 2 is 1.67 bits per heavy atom. The summed E-state index contributed by atoms with van der Waals surface area (Å²) >= 11 is 0. The lowest BCUT2D eigenvalue weighted by Gasteiger charge is -2.30. The van der Waals surface area contributed by atoms with Gasteiger partial charge in [-0.25, -0.2) is 8.42 Å². The summed E-state index contributed by atoms with van der Waals surface area (Å²) in [4.78, 5) is 27.8. The predicted molar refractivity (Wildman–Crippen MR) is 146 cm³/mol. The summed E-state index contributed by atoms with van der Waals surface area (Å²) in [6.07, 6.45) is 1.65. The van der Waals surface area contributed by atoms with E-state index < -0.39 is 16.1 Å². The van der Waals surface area contributed by atoms with Gasteiger partial charge in [-0.3, -0.25) is 13.9 Å². The number of amides is 2. The topological polar surface area (TPSA) is 86.8 Å². The normalized spacial score (nSPS) is 12.3. The zero-order chi connectivity index (χ0) is 27.0. The average molecular weight is 516 g/mol. The number of rotatable bonds is 12. The van der Waals surface area contributed by atoms with Gasteiger partial charge in [0.05, 0.1) is 11.9 Å². The van der Waals surface area contributed by atoms with Gasteiger partial charge in [0.25, 0.3) is 0 Å². The second-order valence-electron chi connectivity index (χ2n) is 9.98. The van der Waals surface area contributed by atoms with Crippen molar-refractivity contribution in [2.45, 2.75) is 67.0 Å². The van der Waals surface area contributed by atoms with Crippen LogP contribution in [0.2, 0.25) is 0 Å². The molecular weight excluding hydrogens is 474 g/mol. The molecule has 1 N–H and O–H groups in total. The molecule has 0 fully saturated rings. The number of carbonyl (C=O) groups is 2. The van der Waals surface area contributed by atoms with Crippen LogP contribution in [-0.4, -0.2) is 50.5 Å². The van der Waals surface area contributed by atoms with Crippen LogP contribution in [0.3, 0.4) is 0 Å². The van der Waals surface area contributed by atoms with Crippen molar-refractivity contribution < 1.29 is 18.0 Å². The van der Waals surface area contributed by atoms with Gasteiger partial charge in [-0.1, -0.05) is 55.8 Å². The first-order valence-electron chi connectivity index (χ1n) is 12.5. The van der Waals surface area contributed by atoms with Crippen LogP contribution in [0.4, 0.5) is 5.69 Å². The van der Waals surface area contributed by atoms with Crippen LogP contribution >= 0.6 is 0 Å². The third-order valence-electron chi connectivity index (χ3n) is 6.28. The minimum absolute atomic E-state index is 0.129. The number of benzene rings is 2. The van der Waals surface area contributed by atoms with E-state index in [9.17, 15) is 18.0 Å². The fraction of sp³-hybridized carbons (Fsp3) is 0.500. The summed E-state index contributed by atoms with van der Waals surface area (Å²) in [6, 6.07) is 12.8. The molecule has 36 heavy (non-hydrogen) atoms. The summed E-state index contributed by atoms with van der Waals surface area (Å²) < 4.78 is 26.5. The monoisotopic (exact) mass is 515 g/mol. The van der Waals surface area contributed by atoms with Crippen molar-refractivity contribution in [1.82, 2.24) is 10.2 Å². The number of carbonyl (C=O) groups excluding carboxylic acids is 2.